The fourth-order valence-corrected chi connectivity index (χ4v) is 6.73. The summed E-state index contributed by atoms with van der Waals surface area (Å²) < 4.78 is 0. The van der Waals surface area contributed by atoms with Gasteiger partial charge in [0.15, 0.2) is 12.2 Å². The van der Waals surface area contributed by atoms with E-state index >= 15 is 0 Å². The van der Waals surface area contributed by atoms with Gasteiger partial charge in [-0.05, 0) is 96.9 Å². The number of carboxylic acid groups (broad SMARTS) is 2. The number of carbonyl (C=O) groups excluding carboxylic acids is 2. The van der Waals surface area contributed by atoms with E-state index in [0.717, 1.165) is 11.1 Å². The number of benzene rings is 4. The molecule has 0 radical (unpaired) electrons. The SMILES string of the molecule is O=C(N[C@H](Cc1ccccc1)[C@@H](O)C(=O)O)c1ccc(C2CC2)cc1.O=C(N[C@H](Cc1ccccc1)[C@@H](O)C(=O)O)c1ccc(C2CCCCC2)cc1. The molecule has 0 unspecified atom stereocenters. The van der Waals surface area contributed by atoms with Crippen molar-refractivity contribution in [2.24, 2.45) is 0 Å². The van der Waals surface area contributed by atoms with Crippen molar-refractivity contribution in [3.8, 4) is 0 Å². The van der Waals surface area contributed by atoms with Crippen LogP contribution in [0, 0.1) is 0 Å². The highest BCUT2D eigenvalue weighted by Gasteiger charge is 2.30. The van der Waals surface area contributed by atoms with Crippen LogP contribution >= 0.6 is 0 Å². The van der Waals surface area contributed by atoms with Crippen molar-refractivity contribution in [3.63, 3.8) is 0 Å². The molecule has 2 saturated carbocycles. The second-order valence-corrected chi connectivity index (χ2v) is 14.0. The normalized spacial score (nSPS) is 16.5. The summed E-state index contributed by atoms with van der Waals surface area (Å²) in [6.07, 6.45) is 5.69. The standard InChI is InChI=1S/C23H27NO4.C20H21NO4/c25-21(23(27)28)20(15-16-7-3-1-4-8-16)24-22(26)19-13-11-18(12-14-19)17-9-5-2-6-10-17;22-18(20(24)25)17(12-13-4-2-1-3-5-13)21-19(23)16-10-8-15(9-11-16)14-6-7-14/h1,3-4,7-8,11-14,17,20-21,25H,2,5-6,9-10,15H2,(H,24,26)(H,27,28);1-5,8-11,14,17-18,22H,6-7,12H2,(H,21,23)(H,24,25)/t20-,21-;17-,18-/m11/s1. The summed E-state index contributed by atoms with van der Waals surface area (Å²) in [6.45, 7) is 0. The van der Waals surface area contributed by atoms with Crippen molar-refractivity contribution < 1.29 is 39.6 Å². The number of carboxylic acids is 2. The number of aliphatic hydroxyl groups excluding tert-OH is 2. The zero-order valence-electron chi connectivity index (χ0n) is 29.6. The molecule has 0 heterocycles. The van der Waals surface area contributed by atoms with E-state index in [1.54, 1.807) is 24.3 Å². The van der Waals surface area contributed by atoms with Gasteiger partial charge in [-0.15, -0.1) is 0 Å². The van der Waals surface area contributed by atoms with Gasteiger partial charge in [0, 0.05) is 11.1 Å². The lowest BCUT2D eigenvalue weighted by Gasteiger charge is -2.23. The fourth-order valence-electron chi connectivity index (χ4n) is 6.73. The lowest BCUT2D eigenvalue weighted by atomic mass is 9.84. The average molecular weight is 721 g/mol. The Bertz CT molecular complexity index is 1790. The minimum atomic E-state index is -1.68. The number of hydrogen-bond acceptors (Lipinski definition) is 6. The molecule has 2 fully saturated rings. The van der Waals surface area contributed by atoms with E-state index in [9.17, 15) is 34.5 Å². The van der Waals surface area contributed by atoms with Crippen LogP contribution in [0.25, 0.3) is 0 Å². The van der Waals surface area contributed by atoms with Crippen molar-refractivity contribution >= 4 is 23.8 Å². The second-order valence-electron chi connectivity index (χ2n) is 14.0. The van der Waals surface area contributed by atoms with E-state index in [1.807, 2.05) is 84.9 Å². The second kappa shape index (κ2) is 19.0. The average Bonchev–Trinajstić information content (AvgIpc) is 4.04. The predicted octanol–water partition coefficient (Wildman–Crippen LogP) is 5.87. The van der Waals surface area contributed by atoms with Gasteiger partial charge >= 0.3 is 11.9 Å². The molecular weight excluding hydrogens is 672 g/mol. The Hall–Kier alpha value is -5.32. The molecule has 6 rings (SSSR count). The van der Waals surface area contributed by atoms with Crippen molar-refractivity contribution in [2.75, 3.05) is 0 Å². The molecule has 6 N–H and O–H groups in total. The first-order chi connectivity index (χ1) is 25.6. The molecule has 0 spiro atoms. The molecule has 0 aromatic heterocycles. The Balaban J connectivity index is 0.000000206. The molecule has 4 aromatic rings. The topological polar surface area (TPSA) is 173 Å². The first-order valence-corrected chi connectivity index (χ1v) is 18.3. The summed E-state index contributed by atoms with van der Waals surface area (Å²) in [4.78, 5) is 47.5. The zero-order chi connectivity index (χ0) is 37.7. The Morgan fingerprint density at radius 3 is 1.21 bits per heavy atom. The maximum Gasteiger partial charge on any atom is 0.334 e. The summed E-state index contributed by atoms with van der Waals surface area (Å²) in [6, 6.07) is 31.5. The highest BCUT2D eigenvalue weighted by atomic mass is 16.4. The van der Waals surface area contributed by atoms with E-state index < -0.39 is 36.2 Å². The van der Waals surface area contributed by atoms with Crippen LogP contribution < -0.4 is 10.6 Å². The van der Waals surface area contributed by atoms with Crippen molar-refractivity contribution in [3.05, 3.63) is 143 Å². The Morgan fingerprint density at radius 1 is 0.509 bits per heavy atom. The minimum absolute atomic E-state index is 0.236. The number of carbonyl (C=O) groups is 4. The van der Waals surface area contributed by atoms with E-state index in [2.05, 4.69) is 10.6 Å². The summed E-state index contributed by atoms with van der Waals surface area (Å²) in [7, 11) is 0. The quantitative estimate of drug-likeness (QED) is 0.0939. The summed E-state index contributed by atoms with van der Waals surface area (Å²) in [5.41, 5.74) is 5.10. The third-order valence-electron chi connectivity index (χ3n) is 9.97. The summed E-state index contributed by atoms with van der Waals surface area (Å²) >= 11 is 0. The lowest BCUT2D eigenvalue weighted by Crippen LogP contribution is -2.48. The molecule has 0 saturated heterocycles. The van der Waals surface area contributed by atoms with Gasteiger partial charge in [0.2, 0.25) is 0 Å². The summed E-state index contributed by atoms with van der Waals surface area (Å²) in [5, 5.41) is 43.7. The number of hydrogen-bond donors (Lipinski definition) is 6. The fraction of sp³-hybridized carbons (Fsp3) is 0.349. The Labute approximate surface area is 309 Å². The van der Waals surface area contributed by atoms with Crippen LogP contribution in [0.2, 0.25) is 0 Å². The molecule has 4 atom stereocenters. The predicted molar refractivity (Wildman–Crippen MR) is 201 cm³/mol. The first-order valence-electron chi connectivity index (χ1n) is 18.3. The van der Waals surface area contributed by atoms with Gasteiger partial charge in [0.1, 0.15) is 0 Å². The van der Waals surface area contributed by atoms with Crippen LogP contribution in [0.3, 0.4) is 0 Å². The van der Waals surface area contributed by atoms with Gasteiger partial charge in [-0.3, -0.25) is 9.59 Å². The molecule has 2 aliphatic carbocycles. The number of rotatable bonds is 14. The van der Waals surface area contributed by atoms with Crippen molar-refractivity contribution in [1.29, 1.82) is 0 Å². The van der Waals surface area contributed by atoms with Gasteiger partial charge in [0.25, 0.3) is 11.8 Å². The van der Waals surface area contributed by atoms with E-state index in [-0.39, 0.29) is 24.7 Å². The number of nitrogens with one attached hydrogen (secondary N) is 2. The van der Waals surface area contributed by atoms with Gasteiger partial charge in [0.05, 0.1) is 12.1 Å². The van der Waals surface area contributed by atoms with Crippen LogP contribution in [-0.2, 0) is 22.4 Å². The van der Waals surface area contributed by atoms with Crippen LogP contribution in [0.5, 0.6) is 0 Å². The molecule has 2 aliphatic rings. The third kappa shape index (κ3) is 11.6. The maximum absolute atomic E-state index is 12.6. The van der Waals surface area contributed by atoms with Crippen molar-refractivity contribution in [2.45, 2.75) is 93.9 Å². The van der Waals surface area contributed by atoms with E-state index in [4.69, 9.17) is 5.11 Å². The van der Waals surface area contributed by atoms with Gasteiger partial charge in [-0.1, -0.05) is 104 Å². The molecule has 10 heteroatoms. The molecule has 0 bridgehead atoms. The van der Waals surface area contributed by atoms with Gasteiger partial charge in [-0.25, -0.2) is 9.59 Å². The smallest absolute Gasteiger partial charge is 0.334 e. The number of amides is 2. The van der Waals surface area contributed by atoms with Crippen LogP contribution in [0.4, 0.5) is 0 Å². The molecule has 278 valence electrons. The molecule has 0 aliphatic heterocycles. The van der Waals surface area contributed by atoms with Crippen LogP contribution in [0.15, 0.2) is 109 Å². The molecule has 10 nitrogen and oxygen atoms in total. The highest BCUT2D eigenvalue weighted by molar-refractivity contribution is 5.95. The number of aliphatic carboxylic acids is 2. The largest absolute Gasteiger partial charge is 0.479 e. The minimum Gasteiger partial charge on any atom is -0.479 e. The molecule has 53 heavy (non-hydrogen) atoms. The Kier molecular flexibility index (Phi) is 13.9. The zero-order valence-corrected chi connectivity index (χ0v) is 29.6. The third-order valence-corrected chi connectivity index (χ3v) is 9.97. The lowest BCUT2D eigenvalue weighted by molar-refractivity contribution is -0.148. The first kappa shape index (κ1) is 38.9. The van der Waals surface area contributed by atoms with Crippen molar-refractivity contribution in [1.82, 2.24) is 10.6 Å². The van der Waals surface area contributed by atoms with Crippen LogP contribution in [0.1, 0.15) is 99.8 Å². The molecular formula is C43H48N2O8. The Morgan fingerprint density at radius 2 is 0.868 bits per heavy atom. The van der Waals surface area contributed by atoms with E-state index in [0.29, 0.717) is 23.0 Å². The maximum atomic E-state index is 12.6. The number of aliphatic hydroxyl groups is 2. The molecule has 2 amide bonds. The summed E-state index contributed by atoms with van der Waals surface area (Å²) in [5.74, 6) is -2.30. The monoisotopic (exact) mass is 720 g/mol. The van der Waals surface area contributed by atoms with E-state index in [1.165, 1.54) is 56.1 Å². The molecule has 4 aromatic carbocycles. The van der Waals surface area contributed by atoms with Gasteiger partial charge < -0.3 is 31.1 Å². The van der Waals surface area contributed by atoms with Gasteiger partial charge in [-0.2, -0.15) is 0 Å². The van der Waals surface area contributed by atoms with Crippen LogP contribution in [-0.4, -0.2) is 68.5 Å². The highest BCUT2D eigenvalue weighted by Crippen LogP contribution is 2.40.